The number of rotatable bonds is 3. The first-order valence-corrected chi connectivity index (χ1v) is 8.50. The second-order valence-corrected chi connectivity index (χ2v) is 7.37. The van der Waals surface area contributed by atoms with Crippen LogP contribution in [0.3, 0.4) is 0 Å². The van der Waals surface area contributed by atoms with E-state index in [9.17, 15) is 13.2 Å². The highest BCUT2D eigenvalue weighted by Crippen LogP contribution is 2.27. The largest absolute Gasteiger partial charge is 0.307 e. The monoisotopic (exact) mass is 321 g/mol. The molecule has 0 bridgehead atoms. The fourth-order valence-corrected chi connectivity index (χ4v) is 4.24. The van der Waals surface area contributed by atoms with E-state index in [4.69, 9.17) is 23.2 Å². The minimum absolute atomic E-state index is 0.0257. The molecule has 19 heavy (non-hydrogen) atoms. The van der Waals surface area contributed by atoms with Gasteiger partial charge in [0.1, 0.15) is 5.88 Å². The van der Waals surface area contributed by atoms with Crippen LogP contribution in [0.2, 0.25) is 5.02 Å². The van der Waals surface area contributed by atoms with E-state index in [1.165, 1.54) is 4.90 Å². The molecule has 104 valence electrons. The molecule has 0 saturated carbocycles. The van der Waals surface area contributed by atoms with Gasteiger partial charge in [0.05, 0.1) is 17.5 Å². The summed E-state index contributed by atoms with van der Waals surface area (Å²) in [6.45, 7) is 0. The first kappa shape index (κ1) is 14.6. The van der Waals surface area contributed by atoms with Crippen LogP contribution in [-0.2, 0) is 14.6 Å². The molecule has 4 nitrogen and oxygen atoms in total. The van der Waals surface area contributed by atoms with Crippen LogP contribution in [0, 0.1) is 0 Å². The maximum atomic E-state index is 12.0. The van der Waals surface area contributed by atoms with E-state index in [0.717, 1.165) is 0 Å². The van der Waals surface area contributed by atoms with Crippen molar-refractivity contribution in [1.82, 2.24) is 0 Å². The Morgan fingerprint density at radius 2 is 2.16 bits per heavy atom. The summed E-state index contributed by atoms with van der Waals surface area (Å²) in [5, 5.41) is 0.491. The predicted octanol–water partition coefficient (Wildman–Crippen LogP) is 2.10. The van der Waals surface area contributed by atoms with Crippen molar-refractivity contribution >= 4 is 44.6 Å². The molecule has 1 saturated heterocycles. The molecule has 0 aromatic heterocycles. The van der Waals surface area contributed by atoms with E-state index in [1.54, 1.807) is 24.3 Å². The summed E-state index contributed by atoms with van der Waals surface area (Å²) in [5.41, 5.74) is 0.584. The standard InChI is InChI=1S/C12H13Cl2NO3S/c13-7-12(16)15(10-3-1-2-9(14)6-10)11-4-5-19(17,18)8-11/h1-3,6,11H,4-5,7-8H2. The zero-order valence-corrected chi connectivity index (χ0v) is 12.4. The Balaban J connectivity index is 2.35. The van der Waals surface area contributed by atoms with E-state index in [1.807, 2.05) is 0 Å². The number of hydrogen-bond donors (Lipinski definition) is 0. The van der Waals surface area contributed by atoms with Gasteiger partial charge in [-0.1, -0.05) is 17.7 Å². The number of anilines is 1. The van der Waals surface area contributed by atoms with Crippen molar-refractivity contribution in [2.75, 3.05) is 22.3 Å². The molecule has 2 rings (SSSR count). The lowest BCUT2D eigenvalue weighted by Gasteiger charge is -2.27. The van der Waals surface area contributed by atoms with Gasteiger partial charge >= 0.3 is 0 Å². The van der Waals surface area contributed by atoms with Crippen molar-refractivity contribution in [3.63, 3.8) is 0 Å². The third kappa shape index (κ3) is 3.41. The SMILES string of the molecule is O=C(CCl)N(c1cccc(Cl)c1)C1CCS(=O)(=O)C1. The highest BCUT2D eigenvalue weighted by Gasteiger charge is 2.35. The van der Waals surface area contributed by atoms with Crippen molar-refractivity contribution in [2.45, 2.75) is 12.5 Å². The summed E-state index contributed by atoms with van der Waals surface area (Å²) in [5.74, 6) is -0.429. The Kier molecular flexibility index (Phi) is 4.38. The predicted molar refractivity (Wildman–Crippen MR) is 76.7 cm³/mol. The Morgan fingerprint density at radius 1 is 1.42 bits per heavy atom. The quantitative estimate of drug-likeness (QED) is 0.801. The summed E-state index contributed by atoms with van der Waals surface area (Å²) in [6, 6.07) is 6.41. The summed E-state index contributed by atoms with van der Waals surface area (Å²) in [7, 11) is -3.07. The van der Waals surface area contributed by atoms with Crippen molar-refractivity contribution in [1.29, 1.82) is 0 Å². The molecule has 0 N–H and O–H groups in total. The lowest BCUT2D eigenvalue weighted by atomic mass is 10.2. The molecule has 1 aromatic carbocycles. The van der Waals surface area contributed by atoms with Gasteiger partial charge in [-0.25, -0.2) is 8.42 Å². The van der Waals surface area contributed by atoms with E-state index >= 15 is 0 Å². The van der Waals surface area contributed by atoms with Crippen molar-refractivity contribution in [2.24, 2.45) is 0 Å². The van der Waals surface area contributed by atoms with Crippen LogP contribution in [0.15, 0.2) is 24.3 Å². The minimum Gasteiger partial charge on any atom is -0.307 e. The Hall–Kier alpha value is -0.780. The van der Waals surface area contributed by atoms with Gasteiger partial charge in [-0.15, -0.1) is 11.6 Å². The van der Waals surface area contributed by atoms with E-state index in [-0.39, 0.29) is 29.3 Å². The first-order chi connectivity index (χ1) is 8.93. The van der Waals surface area contributed by atoms with Crippen LogP contribution in [0.5, 0.6) is 0 Å². The Labute approximate surface area is 122 Å². The highest BCUT2D eigenvalue weighted by atomic mass is 35.5. The maximum absolute atomic E-state index is 12.0. The van der Waals surface area contributed by atoms with Crippen LogP contribution in [0.25, 0.3) is 0 Å². The first-order valence-electron chi connectivity index (χ1n) is 5.77. The summed E-state index contributed by atoms with van der Waals surface area (Å²) in [6.07, 6.45) is 0.428. The maximum Gasteiger partial charge on any atom is 0.242 e. The third-order valence-corrected chi connectivity index (χ3v) is 5.26. The fraction of sp³-hybridized carbons (Fsp3) is 0.417. The molecule has 0 spiro atoms. The molecule has 1 amide bonds. The smallest absolute Gasteiger partial charge is 0.242 e. The zero-order valence-electron chi connectivity index (χ0n) is 10.1. The molecule has 1 unspecified atom stereocenters. The third-order valence-electron chi connectivity index (χ3n) is 3.04. The van der Waals surface area contributed by atoms with E-state index in [2.05, 4.69) is 0 Å². The second-order valence-electron chi connectivity index (χ2n) is 4.43. The molecule has 1 atom stereocenters. The lowest BCUT2D eigenvalue weighted by molar-refractivity contribution is -0.116. The number of alkyl halides is 1. The number of hydrogen-bond acceptors (Lipinski definition) is 3. The number of sulfone groups is 1. The van der Waals surface area contributed by atoms with Gasteiger partial charge in [0, 0.05) is 10.7 Å². The minimum atomic E-state index is -3.07. The number of halogens is 2. The second kappa shape index (κ2) is 5.69. The number of carbonyl (C=O) groups is 1. The molecule has 7 heteroatoms. The van der Waals surface area contributed by atoms with Crippen molar-refractivity contribution < 1.29 is 13.2 Å². The van der Waals surface area contributed by atoms with Crippen molar-refractivity contribution in [3.05, 3.63) is 29.3 Å². The molecular formula is C12H13Cl2NO3S. The van der Waals surface area contributed by atoms with Gasteiger partial charge < -0.3 is 4.90 Å². The highest BCUT2D eigenvalue weighted by molar-refractivity contribution is 7.91. The van der Waals surface area contributed by atoms with Gasteiger partial charge in [-0.2, -0.15) is 0 Å². The van der Waals surface area contributed by atoms with E-state index < -0.39 is 9.84 Å². The van der Waals surface area contributed by atoms with Gasteiger partial charge in [-0.3, -0.25) is 4.79 Å². The van der Waals surface area contributed by atoms with Crippen molar-refractivity contribution in [3.8, 4) is 0 Å². The molecule has 0 radical (unpaired) electrons. The van der Waals surface area contributed by atoms with Gasteiger partial charge in [0.2, 0.25) is 5.91 Å². The fourth-order valence-electron chi connectivity index (χ4n) is 2.23. The number of benzene rings is 1. The number of carbonyl (C=O) groups excluding carboxylic acids is 1. The van der Waals surface area contributed by atoms with Crippen LogP contribution in [-0.4, -0.2) is 37.8 Å². The Morgan fingerprint density at radius 3 is 2.68 bits per heavy atom. The molecule has 1 aliphatic rings. The Bertz CT molecular complexity index is 588. The molecule has 1 aliphatic heterocycles. The van der Waals surface area contributed by atoms with Crippen LogP contribution in [0.1, 0.15) is 6.42 Å². The molecular weight excluding hydrogens is 309 g/mol. The zero-order chi connectivity index (χ0) is 14.0. The van der Waals surface area contributed by atoms with Gasteiger partial charge in [0.15, 0.2) is 9.84 Å². The number of nitrogens with zero attached hydrogens (tertiary/aromatic N) is 1. The average molecular weight is 322 g/mol. The lowest BCUT2D eigenvalue weighted by Crippen LogP contribution is -2.42. The summed E-state index contributed by atoms with van der Waals surface area (Å²) >= 11 is 11.5. The number of amides is 1. The van der Waals surface area contributed by atoms with Gasteiger partial charge in [-0.05, 0) is 24.6 Å². The van der Waals surface area contributed by atoms with Crippen LogP contribution in [0.4, 0.5) is 5.69 Å². The van der Waals surface area contributed by atoms with Crippen LogP contribution < -0.4 is 4.90 Å². The average Bonchev–Trinajstić information content (AvgIpc) is 2.69. The van der Waals surface area contributed by atoms with Crippen LogP contribution >= 0.6 is 23.2 Å². The molecule has 0 aliphatic carbocycles. The molecule has 1 aromatic rings. The summed E-state index contributed by atoms with van der Waals surface area (Å²) in [4.78, 5) is 13.4. The molecule has 1 heterocycles. The van der Waals surface area contributed by atoms with Gasteiger partial charge in [0.25, 0.3) is 0 Å². The summed E-state index contributed by atoms with van der Waals surface area (Å²) < 4.78 is 23.1. The molecule has 1 fully saturated rings. The van der Waals surface area contributed by atoms with E-state index in [0.29, 0.717) is 17.1 Å². The normalized spacial score (nSPS) is 21.3. The topological polar surface area (TPSA) is 54.5 Å².